The molecular weight excluding hydrogens is 278 g/mol. The zero-order chi connectivity index (χ0) is 15.9. The Kier molecular flexibility index (Phi) is 3.40. The number of carbonyl (C=O) groups excluding carboxylic acids is 2. The smallest absolute Gasteiger partial charge is 0.238 e. The number of nitriles is 1. The monoisotopic (exact) mass is 297 g/mol. The molecule has 5 heteroatoms. The minimum absolute atomic E-state index is 0.00808. The van der Waals surface area contributed by atoms with E-state index in [1.54, 1.807) is 18.0 Å². The molecular formula is C17H19N3O2. The molecule has 22 heavy (non-hydrogen) atoms. The highest BCUT2D eigenvalue weighted by Gasteiger charge is 2.55. The molecule has 0 saturated heterocycles. The number of hydrogen-bond acceptors (Lipinski definition) is 3. The van der Waals surface area contributed by atoms with E-state index in [2.05, 4.69) is 11.4 Å². The second-order valence-electron chi connectivity index (χ2n) is 6.18. The van der Waals surface area contributed by atoms with Crippen LogP contribution < -0.4 is 10.2 Å². The minimum atomic E-state index is -0.744. The molecule has 2 unspecified atom stereocenters. The molecule has 2 atom stereocenters. The zero-order valence-corrected chi connectivity index (χ0v) is 12.8. The average Bonchev–Trinajstić information content (AvgIpc) is 2.70. The second-order valence-corrected chi connectivity index (χ2v) is 6.18. The van der Waals surface area contributed by atoms with Crippen LogP contribution in [0.4, 0.5) is 11.4 Å². The first kappa shape index (κ1) is 14.6. The molecule has 0 aromatic heterocycles. The lowest BCUT2D eigenvalue weighted by Crippen LogP contribution is -2.46. The van der Waals surface area contributed by atoms with Crippen LogP contribution in [0.15, 0.2) is 18.2 Å². The Bertz CT molecular complexity index is 692. The Labute approximate surface area is 129 Å². The molecule has 2 aliphatic rings. The molecule has 1 aliphatic heterocycles. The van der Waals surface area contributed by atoms with Crippen LogP contribution in [0.25, 0.3) is 0 Å². The number of benzene rings is 1. The standard InChI is InChI=1S/C17H19N3O2/c1-11(21)19-13-6-7-15-14(9-13)17(16(22)20(15)2)8-4-3-5-12(17)10-18/h6-7,9,12H,3-5,8H2,1-2H3,(H,19,21). The van der Waals surface area contributed by atoms with E-state index in [1.807, 2.05) is 12.1 Å². The highest BCUT2D eigenvalue weighted by Crippen LogP contribution is 2.52. The molecule has 1 N–H and O–H groups in total. The molecule has 1 spiro atoms. The normalized spacial score (nSPS) is 26.7. The van der Waals surface area contributed by atoms with E-state index in [1.165, 1.54) is 6.92 Å². The first-order chi connectivity index (χ1) is 10.5. The van der Waals surface area contributed by atoms with E-state index in [-0.39, 0.29) is 17.7 Å². The van der Waals surface area contributed by atoms with Gasteiger partial charge in [-0.25, -0.2) is 0 Å². The largest absolute Gasteiger partial charge is 0.326 e. The molecule has 1 aromatic carbocycles. The molecule has 2 amide bonds. The second kappa shape index (κ2) is 5.13. The summed E-state index contributed by atoms with van der Waals surface area (Å²) in [5.74, 6) is -0.439. The SMILES string of the molecule is CC(=O)Nc1ccc2c(c1)C1(CCCCC1C#N)C(=O)N2C. The Morgan fingerprint density at radius 1 is 1.45 bits per heavy atom. The van der Waals surface area contributed by atoms with Crippen molar-refractivity contribution in [2.75, 3.05) is 17.3 Å². The van der Waals surface area contributed by atoms with Gasteiger partial charge < -0.3 is 10.2 Å². The quantitative estimate of drug-likeness (QED) is 0.865. The third-order valence-corrected chi connectivity index (χ3v) is 4.91. The van der Waals surface area contributed by atoms with Gasteiger partial charge in [-0.05, 0) is 36.6 Å². The maximum Gasteiger partial charge on any atom is 0.238 e. The van der Waals surface area contributed by atoms with Crippen molar-refractivity contribution in [3.05, 3.63) is 23.8 Å². The van der Waals surface area contributed by atoms with E-state index in [0.717, 1.165) is 30.5 Å². The molecule has 1 saturated carbocycles. The summed E-state index contributed by atoms with van der Waals surface area (Å²) in [6, 6.07) is 7.88. The van der Waals surface area contributed by atoms with Crippen LogP contribution in [0.3, 0.4) is 0 Å². The number of rotatable bonds is 1. The van der Waals surface area contributed by atoms with Gasteiger partial charge in [0, 0.05) is 25.3 Å². The summed E-state index contributed by atoms with van der Waals surface area (Å²) >= 11 is 0. The summed E-state index contributed by atoms with van der Waals surface area (Å²) in [6.07, 6.45) is 3.38. The highest BCUT2D eigenvalue weighted by atomic mass is 16.2. The lowest BCUT2D eigenvalue weighted by atomic mass is 9.63. The van der Waals surface area contributed by atoms with Gasteiger partial charge in [0.25, 0.3) is 0 Å². The number of nitrogens with zero attached hydrogens (tertiary/aromatic N) is 2. The molecule has 114 valence electrons. The first-order valence-electron chi connectivity index (χ1n) is 7.60. The van der Waals surface area contributed by atoms with Crippen molar-refractivity contribution in [3.63, 3.8) is 0 Å². The summed E-state index contributed by atoms with van der Waals surface area (Å²) in [5.41, 5.74) is 1.67. The van der Waals surface area contributed by atoms with Gasteiger partial charge >= 0.3 is 0 Å². The summed E-state index contributed by atoms with van der Waals surface area (Å²) in [7, 11) is 1.76. The van der Waals surface area contributed by atoms with Gasteiger partial charge in [0.15, 0.2) is 0 Å². The molecule has 0 radical (unpaired) electrons. The van der Waals surface area contributed by atoms with Crippen molar-refractivity contribution in [2.45, 2.75) is 38.0 Å². The number of carbonyl (C=O) groups is 2. The van der Waals surface area contributed by atoms with Gasteiger partial charge in [-0.15, -0.1) is 0 Å². The van der Waals surface area contributed by atoms with Crippen molar-refractivity contribution in [3.8, 4) is 6.07 Å². The van der Waals surface area contributed by atoms with Crippen molar-refractivity contribution < 1.29 is 9.59 Å². The number of anilines is 2. The third kappa shape index (κ3) is 1.91. The van der Waals surface area contributed by atoms with Gasteiger partial charge in [-0.1, -0.05) is 12.8 Å². The number of hydrogen-bond donors (Lipinski definition) is 1. The lowest BCUT2D eigenvalue weighted by molar-refractivity contribution is -0.125. The lowest BCUT2D eigenvalue weighted by Gasteiger charge is -2.36. The Hall–Kier alpha value is -2.35. The molecule has 0 bridgehead atoms. The molecule has 3 rings (SSSR count). The number of fused-ring (bicyclic) bond motifs is 2. The first-order valence-corrected chi connectivity index (χ1v) is 7.60. The molecule has 1 fully saturated rings. The highest BCUT2D eigenvalue weighted by molar-refractivity contribution is 6.09. The van der Waals surface area contributed by atoms with Gasteiger partial charge in [0.05, 0.1) is 17.4 Å². The molecule has 1 aliphatic carbocycles. The topological polar surface area (TPSA) is 73.2 Å². The van der Waals surface area contributed by atoms with Crippen LogP contribution >= 0.6 is 0 Å². The predicted molar refractivity (Wildman–Crippen MR) is 83.4 cm³/mol. The van der Waals surface area contributed by atoms with Gasteiger partial charge in [-0.2, -0.15) is 5.26 Å². The fourth-order valence-electron chi connectivity index (χ4n) is 3.92. The molecule has 1 heterocycles. The van der Waals surface area contributed by atoms with Gasteiger partial charge in [-0.3, -0.25) is 9.59 Å². The van der Waals surface area contributed by atoms with E-state index < -0.39 is 5.41 Å². The van der Waals surface area contributed by atoms with Crippen molar-refractivity contribution in [1.82, 2.24) is 0 Å². The van der Waals surface area contributed by atoms with Crippen LogP contribution in [-0.2, 0) is 15.0 Å². The van der Waals surface area contributed by atoms with Crippen molar-refractivity contribution >= 4 is 23.2 Å². The van der Waals surface area contributed by atoms with Crippen LogP contribution in [-0.4, -0.2) is 18.9 Å². The molecule has 1 aromatic rings. The Balaban J connectivity index is 2.16. The van der Waals surface area contributed by atoms with Gasteiger partial charge in [0.2, 0.25) is 11.8 Å². The molecule has 5 nitrogen and oxygen atoms in total. The average molecular weight is 297 g/mol. The Morgan fingerprint density at radius 3 is 2.91 bits per heavy atom. The predicted octanol–water partition coefficient (Wildman–Crippen LogP) is 2.57. The van der Waals surface area contributed by atoms with Crippen molar-refractivity contribution in [2.24, 2.45) is 5.92 Å². The summed E-state index contributed by atoms with van der Waals surface area (Å²) in [4.78, 5) is 25.9. The van der Waals surface area contributed by atoms with E-state index in [9.17, 15) is 14.9 Å². The van der Waals surface area contributed by atoms with E-state index >= 15 is 0 Å². The number of nitrogens with one attached hydrogen (secondary N) is 1. The zero-order valence-electron chi connectivity index (χ0n) is 12.8. The maximum absolute atomic E-state index is 12.9. The third-order valence-electron chi connectivity index (χ3n) is 4.91. The van der Waals surface area contributed by atoms with Crippen LogP contribution in [0.5, 0.6) is 0 Å². The van der Waals surface area contributed by atoms with Crippen LogP contribution in [0.2, 0.25) is 0 Å². The van der Waals surface area contributed by atoms with E-state index in [0.29, 0.717) is 12.1 Å². The summed E-state index contributed by atoms with van der Waals surface area (Å²) in [5, 5.41) is 12.3. The number of likely N-dealkylation sites (N-methyl/N-ethyl adjacent to an activating group) is 1. The fraction of sp³-hybridized carbons (Fsp3) is 0.471. The van der Waals surface area contributed by atoms with Gasteiger partial charge in [0.1, 0.15) is 0 Å². The summed E-state index contributed by atoms with van der Waals surface area (Å²) < 4.78 is 0. The number of amides is 2. The van der Waals surface area contributed by atoms with E-state index in [4.69, 9.17) is 0 Å². The minimum Gasteiger partial charge on any atom is -0.326 e. The van der Waals surface area contributed by atoms with Crippen molar-refractivity contribution in [1.29, 1.82) is 5.26 Å². The summed E-state index contributed by atoms with van der Waals surface area (Å²) in [6.45, 7) is 1.46. The maximum atomic E-state index is 12.9. The van der Waals surface area contributed by atoms with Crippen LogP contribution in [0.1, 0.15) is 38.2 Å². The Morgan fingerprint density at radius 2 is 2.23 bits per heavy atom. The fourth-order valence-corrected chi connectivity index (χ4v) is 3.92. The van der Waals surface area contributed by atoms with Crippen LogP contribution in [0, 0.1) is 17.2 Å².